The molecule has 1 aromatic carbocycles. The number of aromatic nitrogens is 3. The van der Waals surface area contributed by atoms with Gasteiger partial charge >= 0.3 is 0 Å². The summed E-state index contributed by atoms with van der Waals surface area (Å²) in [6, 6.07) is 13.3. The third-order valence-electron chi connectivity index (χ3n) is 5.04. The van der Waals surface area contributed by atoms with E-state index in [2.05, 4.69) is 15.3 Å². The fraction of sp³-hybridized carbons (Fsp3) is 0.333. The zero-order valence-corrected chi connectivity index (χ0v) is 15.1. The van der Waals surface area contributed by atoms with Crippen LogP contribution < -0.4 is 10.9 Å². The summed E-state index contributed by atoms with van der Waals surface area (Å²) >= 11 is 0. The van der Waals surface area contributed by atoms with Crippen LogP contribution in [0.5, 0.6) is 0 Å². The number of rotatable bonds is 4. The molecule has 0 aliphatic heterocycles. The fourth-order valence-electron chi connectivity index (χ4n) is 3.64. The van der Waals surface area contributed by atoms with Crippen LogP contribution in [0.1, 0.15) is 48.2 Å². The molecule has 6 heteroatoms. The Morgan fingerprint density at radius 2 is 1.85 bits per heavy atom. The van der Waals surface area contributed by atoms with Gasteiger partial charge < -0.3 is 5.32 Å². The van der Waals surface area contributed by atoms with Crippen LogP contribution in [0, 0.1) is 0 Å². The number of carbonyl (C=O) groups is 1. The fourth-order valence-corrected chi connectivity index (χ4v) is 3.64. The highest BCUT2D eigenvalue weighted by Gasteiger charge is 2.22. The lowest BCUT2D eigenvalue weighted by atomic mass is 9.95. The molecule has 1 aliphatic rings. The zero-order valence-electron chi connectivity index (χ0n) is 15.1. The second kappa shape index (κ2) is 7.70. The van der Waals surface area contributed by atoms with Gasteiger partial charge in [-0.1, -0.05) is 49.6 Å². The van der Waals surface area contributed by atoms with Crippen molar-refractivity contribution < 1.29 is 4.79 Å². The average molecular weight is 362 g/mol. The summed E-state index contributed by atoms with van der Waals surface area (Å²) in [5.74, 6) is -0.389. The molecule has 0 bridgehead atoms. The largest absolute Gasteiger partial charge is 0.348 e. The molecular formula is C21H22N4O2. The van der Waals surface area contributed by atoms with Gasteiger partial charge in [-0.25, -0.2) is 9.97 Å². The molecule has 1 fully saturated rings. The summed E-state index contributed by atoms with van der Waals surface area (Å²) in [4.78, 5) is 34.5. The number of hydrogen-bond acceptors (Lipinski definition) is 4. The van der Waals surface area contributed by atoms with Crippen molar-refractivity contribution in [3.63, 3.8) is 0 Å². The molecule has 2 heterocycles. The Morgan fingerprint density at radius 3 is 2.63 bits per heavy atom. The minimum atomic E-state index is -0.404. The van der Waals surface area contributed by atoms with E-state index in [1.165, 1.54) is 11.0 Å². The molecule has 0 saturated heterocycles. The molecule has 0 radical (unpaired) electrons. The van der Waals surface area contributed by atoms with E-state index in [0.717, 1.165) is 31.2 Å². The van der Waals surface area contributed by atoms with Crippen molar-refractivity contribution in [1.29, 1.82) is 0 Å². The molecule has 3 aromatic rings. The number of pyridine rings is 1. The van der Waals surface area contributed by atoms with Gasteiger partial charge in [-0.2, -0.15) is 0 Å². The first kappa shape index (κ1) is 17.4. The zero-order chi connectivity index (χ0) is 18.6. The van der Waals surface area contributed by atoms with Crippen molar-refractivity contribution in [2.24, 2.45) is 0 Å². The van der Waals surface area contributed by atoms with E-state index in [9.17, 15) is 9.59 Å². The van der Waals surface area contributed by atoms with Crippen molar-refractivity contribution in [2.45, 2.75) is 44.7 Å². The van der Waals surface area contributed by atoms with Crippen LogP contribution in [0.15, 0.2) is 53.5 Å². The van der Waals surface area contributed by atoms with Crippen molar-refractivity contribution in [3.05, 3.63) is 70.3 Å². The first-order valence-corrected chi connectivity index (χ1v) is 9.43. The molecule has 1 N–H and O–H groups in total. The Kier molecular flexibility index (Phi) is 4.96. The maximum absolute atomic E-state index is 13.1. The van der Waals surface area contributed by atoms with E-state index >= 15 is 0 Å². The van der Waals surface area contributed by atoms with Crippen LogP contribution in [-0.4, -0.2) is 26.5 Å². The third kappa shape index (κ3) is 3.74. The van der Waals surface area contributed by atoms with Gasteiger partial charge in [0.2, 0.25) is 0 Å². The highest BCUT2D eigenvalue weighted by molar-refractivity contribution is 5.93. The number of fused-ring (bicyclic) bond motifs is 1. The van der Waals surface area contributed by atoms with Crippen LogP contribution >= 0.6 is 0 Å². The number of carbonyl (C=O) groups excluding carboxylic acids is 1. The Labute approximate surface area is 157 Å². The van der Waals surface area contributed by atoms with Gasteiger partial charge in [0.05, 0.1) is 6.54 Å². The van der Waals surface area contributed by atoms with Crippen LogP contribution in [-0.2, 0) is 6.54 Å². The monoisotopic (exact) mass is 362 g/mol. The Balaban J connectivity index is 1.73. The van der Waals surface area contributed by atoms with E-state index in [1.54, 1.807) is 18.3 Å². The van der Waals surface area contributed by atoms with Gasteiger partial charge in [0.25, 0.3) is 11.5 Å². The molecule has 6 nitrogen and oxygen atoms in total. The van der Waals surface area contributed by atoms with E-state index in [-0.39, 0.29) is 17.6 Å². The Morgan fingerprint density at radius 1 is 1.07 bits per heavy atom. The molecule has 138 valence electrons. The van der Waals surface area contributed by atoms with Gasteiger partial charge in [-0.05, 0) is 30.5 Å². The first-order valence-electron chi connectivity index (χ1n) is 9.43. The van der Waals surface area contributed by atoms with Gasteiger partial charge in [-0.3, -0.25) is 14.2 Å². The minimum Gasteiger partial charge on any atom is -0.348 e. The smallest absolute Gasteiger partial charge is 0.284 e. The summed E-state index contributed by atoms with van der Waals surface area (Å²) in [6.45, 7) is 0.347. The van der Waals surface area contributed by atoms with Gasteiger partial charge in [-0.15, -0.1) is 0 Å². The molecule has 2 aromatic heterocycles. The SMILES string of the molecule is O=C(NC1CCCCC1)c1nc2cccnc2n(Cc2ccccc2)c1=O. The quantitative estimate of drug-likeness (QED) is 0.774. The van der Waals surface area contributed by atoms with E-state index in [4.69, 9.17) is 0 Å². The molecule has 0 spiro atoms. The van der Waals surface area contributed by atoms with Crippen LogP contribution in [0.2, 0.25) is 0 Å². The summed E-state index contributed by atoms with van der Waals surface area (Å²) in [5, 5.41) is 3.00. The lowest BCUT2D eigenvalue weighted by molar-refractivity contribution is 0.0920. The van der Waals surface area contributed by atoms with Crippen molar-refractivity contribution in [3.8, 4) is 0 Å². The molecule has 1 amide bonds. The van der Waals surface area contributed by atoms with E-state index in [1.807, 2.05) is 30.3 Å². The van der Waals surface area contributed by atoms with Crippen LogP contribution in [0.25, 0.3) is 11.2 Å². The summed E-state index contributed by atoms with van der Waals surface area (Å²) in [7, 11) is 0. The Hall–Kier alpha value is -3.02. The topological polar surface area (TPSA) is 76.9 Å². The molecule has 27 heavy (non-hydrogen) atoms. The molecule has 1 saturated carbocycles. The molecule has 1 aliphatic carbocycles. The van der Waals surface area contributed by atoms with E-state index < -0.39 is 5.56 Å². The summed E-state index contributed by atoms with van der Waals surface area (Å²) in [6.07, 6.45) is 6.97. The maximum Gasteiger partial charge on any atom is 0.284 e. The van der Waals surface area contributed by atoms with Gasteiger partial charge in [0.15, 0.2) is 11.3 Å². The lowest BCUT2D eigenvalue weighted by Gasteiger charge is -2.22. The van der Waals surface area contributed by atoms with Crippen molar-refractivity contribution in [2.75, 3.05) is 0 Å². The lowest BCUT2D eigenvalue weighted by Crippen LogP contribution is -2.41. The number of nitrogens with zero attached hydrogens (tertiary/aromatic N) is 3. The number of nitrogens with one attached hydrogen (secondary N) is 1. The summed E-state index contributed by atoms with van der Waals surface area (Å²) < 4.78 is 1.54. The number of hydrogen-bond donors (Lipinski definition) is 1. The van der Waals surface area contributed by atoms with E-state index in [0.29, 0.717) is 17.7 Å². The maximum atomic E-state index is 13.1. The molecule has 4 rings (SSSR count). The standard InChI is InChI=1S/C21H22N4O2/c26-20(23-16-10-5-2-6-11-16)18-21(27)25(14-15-8-3-1-4-9-15)19-17(24-18)12-7-13-22-19/h1,3-4,7-9,12-13,16H,2,5-6,10-11,14H2,(H,23,26). The summed E-state index contributed by atoms with van der Waals surface area (Å²) in [5.41, 5.74) is 1.54. The van der Waals surface area contributed by atoms with Crippen molar-refractivity contribution in [1.82, 2.24) is 19.9 Å². The molecule has 0 atom stereocenters. The molecular weight excluding hydrogens is 340 g/mol. The predicted octanol–water partition coefficient (Wildman–Crippen LogP) is 2.90. The predicted molar refractivity (Wildman–Crippen MR) is 104 cm³/mol. The second-order valence-corrected chi connectivity index (χ2v) is 6.99. The second-order valence-electron chi connectivity index (χ2n) is 6.99. The number of benzene rings is 1. The average Bonchev–Trinajstić information content (AvgIpc) is 2.71. The normalized spacial score (nSPS) is 15.0. The van der Waals surface area contributed by atoms with Crippen LogP contribution in [0.4, 0.5) is 0 Å². The minimum absolute atomic E-state index is 0.0583. The Bertz CT molecular complexity index is 1010. The number of amides is 1. The third-order valence-corrected chi connectivity index (χ3v) is 5.04. The van der Waals surface area contributed by atoms with Crippen LogP contribution in [0.3, 0.4) is 0 Å². The molecule has 0 unspecified atom stereocenters. The highest BCUT2D eigenvalue weighted by atomic mass is 16.2. The highest BCUT2D eigenvalue weighted by Crippen LogP contribution is 2.18. The van der Waals surface area contributed by atoms with Crippen molar-refractivity contribution >= 4 is 17.1 Å². The van der Waals surface area contributed by atoms with Gasteiger partial charge in [0, 0.05) is 12.2 Å². The van der Waals surface area contributed by atoms with Gasteiger partial charge in [0.1, 0.15) is 5.52 Å². The first-order chi connectivity index (χ1) is 13.2.